The van der Waals surface area contributed by atoms with Gasteiger partial charge in [-0.15, -0.1) is 0 Å². The average molecular weight is 253 g/mol. The number of ether oxygens (including phenoxy) is 1. The Morgan fingerprint density at radius 2 is 2.06 bits per heavy atom. The van der Waals surface area contributed by atoms with Gasteiger partial charge in [-0.2, -0.15) is 0 Å². The Balaban J connectivity index is 2.16. The molecule has 3 heteroatoms. The molecule has 1 atom stereocenters. The van der Waals surface area contributed by atoms with Crippen molar-refractivity contribution >= 4 is 0 Å². The van der Waals surface area contributed by atoms with Crippen LogP contribution in [-0.4, -0.2) is 25.8 Å². The van der Waals surface area contributed by atoms with Crippen molar-refractivity contribution in [2.75, 3.05) is 19.8 Å². The van der Waals surface area contributed by atoms with Crippen molar-refractivity contribution in [1.29, 1.82) is 0 Å². The fourth-order valence-electron chi connectivity index (χ4n) is 1.79. The number of halogens is 1. The molecular weight excluding hydrogens is 229 g/mol. The topological polar surface area (TPSA) is 21.3 Å². The lowest BCUT2D eigenvalue weighted by atomic mass is 10.1. The Kier molecular flexibility index (Phi) is 6.91. The highest BCUT2D eigenvalue weighted by Gasteiger charge is 2.03. The predicted octanol–water partition coefficient (Wildman–Crippen LogP) is 3.02. The lowest BCUT2D eigenvalue weighted by Crippen LogP contribution is -2.31. The van der Waals surface area contributed by atoms with Gasteiger partial charge in [-0.25, -0.2) is 4.39 Å². The maximum atomic E-state index is 13.0. The molecule has 18 heavy (non-hydrogen) atoms. The Hall–Kier alpha value is -0.930. The summed E-state index contributed by atoms with van der Waals surface area (Å²) in [7, 11) is 0. The molecule has 0 amide bonds. The van der Waals surface area contributed by atoms with Crippen LogP contribution in [0, 0.1) is 11.7 Å². The maximum absolute atomic E-state index is 13.0. The van der Waals surface area contributed by atoms with Crippen LogP contribution in [0.15, 0.2) is 24.3 Å². The van der Waals surface area contributed by atoms with Gasteiger partial charge >= 0.3 is 0 Å². The molecule has 102 valence electrons. The first kappa shape index (κ1) is 15.1. The van der Waals surface area contributed by atoms with Gasteiger partial charge in [0.05, 0.1) is 6.61 Å². The summed E-state index contributed by atoms with van der Waals surface area (Å²) in [5.74, 6) is 0.412. The second kappa shape index (κ2) is 8.22. The second-order valence-corrected chi connectivity index (χ2v) is 5.16. The number of rotatable bonds is 8. The number of benzene rings is 1. The summed E-state index contributed by atoms with van der Waals surface area (Å²) in [6.45, 7) is 8.75. The van der Waals surface area contributed by atoms with E-state index in [1.54, 1.807) is 12.1 Å². The zero-order valence-corrected chi connectivity index (χ0v) is 11.6. The van der Waals surface area contributed by atoms with Gasteiger partial charge in [-0.05, 0) is 37.0 Å². The third-order valence-electron chi connectivity index (χ3n) is 2.62. The first-order valence-corrected chi connectivity index (χ1v) is 6.63. The Morgan fingerprint density at radius 1 is 1.28 bits per heavy atom. The third-order valence-corrected chi connectivity index (χ3v) is 2.62. The molecule has 1 N–H and O–H groups in total. The summed E-state index contributed by atoms with van der Waals surface area (Å²) in [6, 6.07) is 7.10. The molecule has 0 heterocycles. The zero-order valence-electron chi connectivity index (χ0n) is 11.6. The molecule has 0 aromatic heterocycles. The Morgan fingerprint density at radius 3 is 2.72 bits per heavy atom. The van der Waals surface area contributed by atoms with E-state index in [4.69, 9.17) is 4.74 Å². The smallest absolute Gasteiger partial charge is 0.123 e. The summed E-state index contributed by atoms with van der Waals surface area (Å²) < 4.78 is 18.5. The molecule has 0 aliphatic rings. The molecule has 0 saturated carbocycles. The highest BCUT2D eigenvalue weighted by Crippen LogP contribution is 2.06. The van der Waals surface area contributed by atoms with Crippen LogP contribution < -0.4 is 5.32 Å². The third kappa shape index (κ3) is 6.72. The van der Waals surface area contributed by atoms with Gasteiger partial charge in [0.15, 0.2) is 0 Å². The summed E-state index contributed by atoms with van der Waals surface area (Å²) in [5.41, 5.74) is 1.03. The minimum absolute atomic E-state index is 0.167. The van der Waals surface area contributed by atoms with Crippen molar-refractivity contribution in [2.24, 2.45) is 5.92 Å². The molecule has 1 aromatic carbocycles. The predicted molar refractivity (Wildman–Crippen MR) is 73.2 cm³/mol. The van der Waals surface area contributed by atoms with Gasteiger partial charge in [0, 0.05) is 19.2 Å². The lowest BCUT2D eigenvalue weighted by molar-refractivity contribution is 0.110. The molecule has 1 rings (SSSR count). The van der Waals surface area contributed by atoms with Crippen LogP contribution in [0.4, 0.5) is 4.39 Å². The minimum Gasteiger partial charge on any atom is -0.380 e. The van der Waals surface area contributed by atoms with Crippen molar-refractivity contribution in [3.63, 3.8) is 0 Å². The van der Waals surface area contributed by atoms with Crippen LogP contribution in [0.25, 0.3) is 0 Å². The molecule has 0 radical (unpaired) electrons. The monoisotopic (exact) mass is 253 g/mol. The summed E-state index contributed by atoms with van der Waals surface area (Å²) >= 11 is 0. The first-order chi connectivity index (χ1) is 8.58. The molecule has 0 bridgehead atoms. The zero-order chi connectivity index (χ0) is 13.4. The van der Waals surface area contributed by atoms with Crippen LogP contribution in [-0.2, 0) is 11.2 Å². The van der Waals surface area contributed by atoms with E-state index >= 15 is 0 Å². The van der Waals surface area contributed by atoms with Crippen LogP contribution >= 0.6 is 0 Å². The van der Waals surface area contributed by atoms with E-state index in [2.05, 4.69) is 26.1 Å². The Bertz CT molecular complexity index is 341. The van der Waals surface area contributed by atoms with Crippen molar-refractivity contribution in [3.05, 3.63) is 35.6 Å². The average Bonchev–Trinajstić information content (AvgIpc) is 2.28. The van der Waals surface area contributed by atoms with Crippen LogP contribution in [0.3, 0.4) is 0 Å². The van der Waals surface area contributed by atoms with Gasteiger partial charge in [0.25, 0.3) is 0 Å². The molecular formula is C15H24FNO. The number of hydrogen-bond donors (Lipinski definition) is 1. The van der Waals surface area contributed by atoms with Crippen LogP contribution in [0.2, 0.25) is 0 Å². The van der Waals surface area contributed by atoms with Crippen molar-refractivity contribution in [1.82, 2.24) is 5.32 Å². The normalized spacial score (nSPS) is 12.9. The molecule has 0 aliphatic carbocycles. The van der Waals surface area contributed by atoms with E-state index in [9.17, 15) is 4.39 Å². The van der Waals surface area contributed by atoms with Gasteiger partial charge in [-0.1, -0.05) is 26.0 Å². The van der Waals surface area contributed by atoms with E-state index < -0.39 is 0 Å². The van der Waals surface area contributed by atoms with Crippen molar-refractivity contribution in [3.8, 4) is 0 Å². The molecule has 1 aromatic rings. The van der Waals surface area contributed by atoms with Gasteiger partial charge in [0.1, 0.15) is 5.82 Å². The fourth-order valence-corrected chi connectivity index (χ4v) is 1.79. The van der Waals surface area contributed by atoms with E-state index in [1.807, 2.05) is 6.07 Å². The molecule has 0 aliphatic heterocycles. The molecule has 2 nitrogen and oxygen atoms in total. The number of nitrogens with one attached hydrogen (secondary N) is 1. The first-order valence-electron chi connectivity index (χ1n) is 6.63. The number of hydrogen-bond acceptors (Lipinski definition) is 2. The molecule has 0 fully saturated rings. The van der Waals surface area contributed by atoms with Crippen LogP contribution in [0.1, 0.15) is 26.3 Å². The SMILES string of the molecule is CC(C)COCCNC(C)Cc1cccc(F)c1. The lowest BCUT2D eigenvalue weighted by Gasteiger charge is -2.14. The molecule has 0 saturated heterocycles. The summed E-state index contributed by atoms with van der Waals surface area (Å²) in [6.07, 6.45) is 0.835. The van der Waals surface area contributed by atoms with Gasteiger partial charge < -0.3 is 10.1 Å². The van der Waals surface area contributed by atoms with Crippen molar-refractivity contribution in [2.45, 2.75) is 33.2 Å². The maximum Gasteiger partial charge on any atom is 0.123 e. The van der Waals surface area contributed by atoms with Gasteiger partial charge in [0.2, 0.25) is 0 Å². The highest BCUT2D eigenvalue weighted by atomic mass is 19.1. The summed E-state index contributed by atoms with van der Waals surface area (Å²) in [5, 5.41) is 3.38. The summed E-state index contributed by atoms with van der Waals surface area (Å²) in [4.78, 5) is 0. The molecule has 1 unspecified atom stereocenters. The quantitative estimate of drug-likeness (QED) is 0.719. The van der Waals surface area contributed by atoms with Crippen molar-refractivity contribution < 1.29 is 9.13 Å². The highest BCUT2D eigenvalue weighted by molar-refractivity contribution is 5.17. The van der Waals surface area contributed by atoms with Crippen LogP contribution in [0.5, 0.6) is 0 Å². The fraction of sp³-hybridized carbons (Fsp3) is 0.600. The standard InChI is InChI=1S/C15H24FNO/c1-12(2)11-18-8-7-17-13(3)9-14-5-4-6-15(16)10-14/h4-6,10,12-13,17H,7-9,11H2,1-3H3. The molecule has 0 spiro atoms. The minimum atomic E-state index is -0.167. The van der Waals surface area contributed by atoms with E-state index in [0.717, 1.165) is 31.7 Å². The van der Waals surface area contributed by atoms with E-state index in [-0.39, 0.29) is 5.82 Å². The second-order valence-electron chi connectivity index (χ2n) is 5.16. The largest absolute Gasteiger partial charge is 0.380 e. The Labute approximate surface area is 110 Å². The van der Waals surface area contributed by atoms with E-state index in [1.165, 1.54) is 6.07 Å². The van der Waals surface area contributed by atoms with Gasteiger partial charge in [-0.3, -0.25) is 0 Å². The van der Waals surface area contributed by atoms with E-state index in [0.29, 0.717) is 12.0 Å².